The highest BCUT2D eigenvalue weighted by atomic mass is 16.5. The number of methoxy groups -OCH3 is 1. The van der Waals surface area contributed by atoms with Crippen molar-refractivity contribution in [1.82, 2.24) is 10.2 Å². The summed E-state index contributed by atoms with van der Waals surface area (Å²) < 4.78 is 11.8. The Morgan fingerprint density at radius 1 is 1.09 bits per heavy atom. The van der Waals surface area contributed by atoms with Crippen molar-refractivity contribution in [3.63, 3.8) is 0 Å². The molecule has 22 heavy (non-hydrogen) atoms. The number of rotatable bonds is 4. The zero-order valence-corrected chi connectivity index (χ0v) is 13.8. The second-order valence-electron chi connectivity index (χ2n) is 6.53. The molecule has 0 saturated carbocycles. The zero-order valence-electron chi connectivity index (χ0n) is 13.8. The standard InChI is InChI=1S/C18H28N2O2/c1-20-11-8-15(9-12-20)22-17-7-6-14(13-18(17)21-2)16-5-3-4-10-19-16/h6-7,13,15-16,19H,3-5,8-12H2,1-2H3. The molecule has 4 heteroatoms. The van der Waals surface area contributed by atoms with Gasteiger partial charge in [0.05, 0.1) is 7.11 Å². The summed E-state index contributed by atoms with van der Waals surface area (Å²) in [6.07, 6.45) is 6.28. The lowest BCUT2D eigenvalue weighted by Gasteiger charge is -2.30. The van der Waals surface area contributed by atoms with Crippen molar-refractivity contribution >= 4 is 0 Å². The van der Waals surface area contributed by atoms with Crippen LogP contribution in [-0.2, 0) is 0 Å². The van der Waals surface area contributed by atoms with Crippen LogP contribution in [0.1, 0.15) is 43.7 Å². The summed E-state index contributed by atoms with van der Waals surface area (Å²) in [6, 6.07) is 6.88. The van der Waals surface area contributed by atoms with E-state index in [1.165, 1.54) is 24.8 Å². The monoisotopic (exact) mass is 304 g/mol. The van der Waals surface area contributed by atoms with Gasteiger partial charge in [0.1, 0.15) is 6.10 Å². The van der Waals surface area contributed by atoms with E-state index in [2.05, 4.69) is 35.5 Å². The molecule has 122 valence electrons. The van der Waals surface area contributed by atoms with Crippen LogP contribution in [0, 0.1) is 0 Å². The van der Waals surface area contributed by atoms with Gasteiger partial charge in [-0.3, -0.25) is 0 Å². The molecule has 4 nitrogen and oxygen atoms in total. The third kappa shape index (κ3) is 3.73. The predicted molar refractivity (Wildman–Crippen MR) is 88.7 cm³/mol. The molecule has 0 bridgehead atoms. The molecule has 0 radical (unpaired) electrons. The van der Waals surface area contributed by atoms with Crippen LogP contribution in [0.3, 0.4) is 0 Å². The number of hydrogen-bond donors (Lipinski definition) is 1. The van der Waals surface area contributed by atoms with E-state index in [1.54, 1.807) is 7.11 Å². The Bertz CT molecular complexity index is 478. The van der Waals surface area contributed by atoms with E-state index >= 15 is 0 Å². The lowest BCUT2D eigenvalue weighted by atomic mass is 9.97. The summed E-state index contributed by atoms with van der Waals surface area (Å²) in [5.74, 6) is 1.75. The molecule has 1 aromatic rings. The first-order valence-electron chi connectivity index (χ1n) is 8.53. The van der Waals surface area contributed by atoms with Crippen LogP contribution >= 0.6 is 0 Å². The summed E-state index contributed by atoms with van der Waals surface area (Å²) in [5.41, 5.74) is 1.31. The minimum absolute atomic E-state index is 0.309. The van der Waals surface area contributed by atoms with E-state index < -0.39 is 0 Å². The van der Waals surface area contributed by atoms with Gasteiger partial charge in [-0.1, -0.05) is 12.5 Å². The molecule has 2 fully saturated rings. The predicted octanol–water partition coefficient (Wildman–Crippen LogP) is 2.98. The van der Waals surface area contributed by atoms with Gasteiger partial charge in [0.2, 0.25) is 0 Å². The van der Waals surface area contributed by atoms with Crippen molar-refractivity contribution in [1.29, 1.82) is 0 Å². The Morgan fingerprint density at radius 3 is 2.59 bits per heavy atom. The van der Waals surface area contributed by atoms with Crippen molar-refractivity contribution in [2.24, 2.45) is 0 Å². The quantitative estimate of drug-likeness (QED) is 0.927. The van der Waals surface area contributed by atoms with Gasteiger partial charge in [0.25, 0.3) is 0 Å². The molecule has 2 aliphatic heterocycles. The number of hydrogen-bond acceptors (Lipinski definition) is 4. The van der Waals surface area contributed by atoms with E-state index in [0.717, 1.165) is 44.0 Å². The fourth-order valence-corrected chi connectivity index (χ4v) is 3.42. The Kier molecular flexibility index (Phi) is 5.21. The minimum Gasteiger partial charge on any atom is -0.493 e. The van der Waals surface area contributed by atoms with Crippen molar-refractivity contribution in [3.05, 3.63) is 23.8 Å². The Balaban J connectivity index is 1.68. The molecule has 1 N–H and O–H groups in total. The Labute approximate surface area is 133 Å². The van der Waals surface area contributed by atoms with Crippen LogP contribution in [0.5, 0.6) is 11.5 Å². The van der Waals surface area contributed by atoms with E-state index in [-0.39, 0.29) is 0 Å². The second-order valence-corrected chi connectivity index (χ2v) is 6.53. The first kappa shape index (κ1) is 15.6. The zero-order chi connectivity index (χ0) is 15.4. The summed E-state index contributed by atoms with van der Waals surface area (Å²) in [6.45, 7) is 3.33. The van der Waals surface area contributed by atoms with Gasteiger partial charge in [-0.05, 0) is 57.0 Å². The maximum absolute atomic E-state index is 6.20. The van der Waals surface area contributed by atoms with Gasteiger partial charge in [-0.25, -0.2) is 0 Å². The number of benzene rings is 1. The molecule has 0 amide bonds. The molecular weight excluding hydrogens is 276 g/mol. The molecule has 0 spiro atoms. The van der Waals surface area contributed by atoms with Gasteiger partial charge in [0.15, 0.2) is 11.5 Å². The molecule has 3 rings (SSSR count). The largest absolute Gasteiger partial charge is 0.493 e. The van der Waals surface area contributed by atoms with Crippen LogP contribution < -0.4 is 14.8 Å². The minimum atomic E-state index is 0.309. The van der Waals surface area contributed by atoms with Gasteiger partial charge in [0, 0.05) is 19.1 Å². The molecule has 0 aromatic heterocycles. The van der Waals surface area contributed by atoms with Crippen LogP contribution in [-0.4, -0.2) is 44.8 Å². The highest BCUT2D eigenvalue weighted by Crippen LogP contribution is 2.34. The highest BCUT2D eigenvalue weighted by Gasteiger charge is 2.21. The average Bonchev–Trinajstić information content (AvgIpc) is 2.58. The van der Waals surface area contributed by atoms with E-state index in [9.17, 15) is 0 Å². The van der Waals surface area contributed by atoms with Crippen molar-refractivity contribution in [2.75, 3.05) is 33.8 Å². The van der Waals surface area contributed by atoms with Crippen molar-refractivity contribution in [3.8, 4) is 11.5 Å². The Morgan fingerprint density at radius 2 is 1.91 bits per heavy atom. The lowest BCUT2D eigenvalue weighted by molar-refractivity contribution is 0.111. The fraction of sp³-hybridized carbons (Fsp3) is 0.667. The second kappa shape index (κ2) is 7.34. The molecule has 2 aliphatic rings. The normalized spacial score (nSPS) is 24.2. The van der Waals surface area contributed by atoms with Gasteiger partial charge in [-0.2, -0.15) is 0 Å². The first-order chi connectivity index (χ1) is 10.8. The number of piperidine rings is 2. The third-order valence-corrected chi connectivity index (χ3v) is 4.86. The summed E-state index contributed by atoms with van der Waals surface area (Å²) >= 11 is 0. The SMILES string of the molecule is COc1cc(C2CCCCN2)ccc1OC1CCN(C)CC1. The van der Waals surface area contributed by atoms with Gasteiger partial charge in [-0.15, -0.1) is 0 Å². The number of likely N-dealkylation sites (tertiary alicyclic amines) is 1. The van der Waals surface area contributed by atoms with Crippen LogP contribution in [0.4, 0.5) is 0 Å². The van der Waals surface area contributed by atoms with Crippen LogP contribution in [0.2, 0.25) is 0 Å². The number of ether oxygens (including phenoxy) is 2. The summed E-state index contributed by atoms with van der Waals surface area (Å²) in [4.78, 5) is 2.36. The number of nitrogens with one attached hydrogen (secondary N) is 1. The molecular formula is C18H28N2O2. The van der Waals surface area contributed by atoms with Crippen molar-refractivity contribution < 1.29 is 9.47 Å². The maximum Gasteiger partial charge on any atom is 0.161 e. The maximum atomic E-state index is 6.20. The first-order valence-corrected chi connectivity index (χ1v) is 8.53. The molecule has 1 aromatic carbocycles. The molecule has 1 atom stereocenters. The third-order valence-electron chi connectivity index (χ3n) is 4.86. The van der Waals surface area contributed by atoms with E-state index in [1.807, 2.05) is 0 Å². The molecule has 0 aliphatic carbocycles. The highest BCUT2D eigenvalue weighted by molar-refractivity contribution is 5.44. The van der Waals surface area contributed by atoms with Gasteiger partial charge < -0.3 is 19.7 Å². The van der Waals surface area contributed by atoms with E-state index in [4.69, 9.17) is 9.47 Å². The molecule has 2 saturated heterocycles. The lowest BCUT2D eigenvalue weighted by Crippen LogP contribution is -2.35. The molecule has 2 heterocycles. The van der Waals surface area contributed by atoms with Crippen LogP contribution in [0.25, 0.3) is 0 Å². The van der Waals surface area contributed by atoms with E-state index in [0.29, 0.717) is 12.1 Å². The smallest absolute Gasteiger partial charge is 0.161 e. The summed E-state index contributed by atoms with van der Waals surface area (Å²) in [5, 5.41) is 3.59. The average molecular weight is 304 g/mol. The van der Waals surface area contributed by atoms with Crippen molar-refractivity contribution in [2.45, 2.75) is 44.2 Å². The van der Waals surface area contributed by atoms with Crippen LogP contribution in [0.15, 0.2) is 18.2 Å². The molecule has 1 unspecified atom stereocenters. The van der Waals surface area contributed by atoms with Gasteiger partial charge >= 0.3 is 0 Å². The topological polar surface area (TPSA) is 33.7 Å². The summed E-state index contributed by atoms with van der Waals surface area (Å²) in [7, 11) is 3.90. The fourth-order valence-electron chi connectivity index (χ4n) is 3.42. The Hall–Kier alpha value is -1.26. The number of nitrogens with zero attached hydrogens (tertiary/aromatic N) is 1.